The van der Waals surface area contributed by atoms with Gasteiger partial charge in [-0.3, -0.25) is 15.6 Å². The number of nitrogens with one attached hydrogen (secondary N) is 3. The second-order valence-corrected chi connectivity index (χ2v) is 8.61. The van der Waals surface area contributed by atoms with Crippen LogP contribution < -0.4 is 21.5 Å². The maximum Gasteiger partial charge on any atom is 0.254 e. The van der Waals surface area contributed by atoms with E-state index in [1.165, 1.54) is 0 Å². The monoisotopic (exact) mass is 541 g/mol. The molecule has 2 unspecified atom stereocenters. The molecule has 0 aliphatic heterocycles. The maximum absolute atomic E-state index is 13.1. The molecule has 1 amide bonds. The summed E-state index contributed by atoms with van der Waals surface area (Å²) in [6.07, 6.45) is 0. The summed E-state index contributed by atoms with van der Waals surface area (Å²) in [6, 6.07) is 23.1. The Labute approximate surface area is 200 Å². The number of alkyl halides is 1. The number of halogens is 1. The first-order chi connectivity index (χ1) is 15.2. The lowest BCUT2D eigenvalue weighted by Crippen LogP contribution is -2.53. The SMILES string of the molecule is CC(NC(=O)c1ccc(C(=N)N)cc1)(Oc1cccc(C(=N)N)c1)C(I)c1ccccc1. The van der Waals surface area contributed by atoms with Crippen molar-refractivity contribution in [2.24, 2.45) is 11.5 Å². The highest BCUT2D eigenvalue weighted by molar-refractivity contribution is 14.1. The topological polar surface area (TPSA) is 138 Å². The molecule has 0 aliphatic rings. The molecule has 0 heterocycles. The summed E-state index contributed by atoms with van der Waals surface area (Å²) in [4.78, 5) is 13.1. The van der Waals surface area contributed by atoms with Gasteiger partial charge in [-0.05, 0) is 36.8 Å². The van der Waals surface area contributed by atoms with Crippen LogP contribution in [-0.2, 0) is 0 Å². The first-order valence-electron chi connectivity index (χ1n) is 9.79. The Morgan fingerprint density at radius 1 is 0.906 bits per heavy atom. The number of nitrogens with two attached hydrogens (primary N) is 2. The van der Waals surface area contributed by atoms with E-state index in [0.29, 0.717) is 22.4 Å². The molecule has 3 aromatic rings. The fourth-order valence-corrected chi connectivity index (χ4v) is 3.85. The molecule has 0 fully saturated rings. The predicted octanol–water partition coefficient (Wildman–Crippen LogP) is 3.96. The highest BCUT2D eigenvalue weighted by atomic mass is 127. The number of amidine groups is 2. The third-order valence-corrected chi connectivity index (χ3v) is 6.78. The van der Waals surface area contributed by atoms with Crippen LogP contribution >= 0.6 is 22.6 Å². The van der Waals surface area contributed by atoms with Crippen LogP contribution in [0.5, 0.6) is 5.75 Å². The van der Waals surface area contributed by atoms with Gasteiger partial charge in [0.15, 0.2) is 5.72 Å². The maximum atomic E-state index is 13.1. The van der Waals surface area contributed by atoms with Gasteiger partial charge in [-0.1, -0.05) is 77.2 Å². The lowest BCUT2D eigenvalue weighted by Gasteiger charge is -2.36. The van der Waals surface area contributed by atoms with Crippen LogP contribution in [0, 0.1) is 10.8 Å². The zero-order chi connectivity index (χ0) is 23.3. The Kier molecular flexibility index (Phi) is 7.14. The fraction of sp³-hybridized carbons (Fsp3) is 0.125. The molecule has 8 heteroatoms. The number of carbonyl (C=O) groups excluding carboxylic acids is 1. The summed E-state index contributed by atoms with van der Waals surface area (Å²) < 4.78 is 6.07. The molecule has 0 saturated heterocycles. The first kappa shape index (κ1) is 23.3. The van der Waals surface area contributed by atoms with Crippen LogP contribution in [0.4, 0.5) is 0 Å². The van der Waals surface area contributed by atoms with E-state index >= 15 is 0 Å². The average Bonchev–Trinajstić information content (AvgIpc) is 2.79. The molecule has 0 spiro atoms. The molecule has 2 atom stereocenters. The van der Waals surface area contributed by atoms with E-state index in [1.807, 2.05) is 30.3 Å². The third kappa shape index (κ3) is 5.44. The van der Waals surface area contributed by atoms with E-state index in [1.54, 1.807) is 55.5 Å². The zero-order valence-corrected chi connectivity index (χ0v) is 19.6. The Morgan fingerprint density at radius 3 is 2.09 bits per heavy atom. The van der Waals surface area contributed by atoms with Crippen molar-refractivity contribution in [1.29, 1.82) is 10.8 Å². The highest BCUT2D eigenvalue weighted by Gasteiger charge is 2.38. The fourth-order valence-electron chi connectivity index (χ4n) is 3.15. The van der Waals surface area contributed by atoms with Crippen molar-refractivity contribution in [1.82, 2.24) is 5.32 Å². The van der Waals surface area contributed by atoms with Crippen molar-refractivity contribution in [3.63, 3.8) is 0 Å². The standard InChI is InChI=1S/C24H24IN5O2/c1-24(20(25)15-6-3-2-4-7-15,32-19-9-5-8-18(14-19)22(28)29)30-23(31)17-12-10-16(11-13-17)21(26)27/h2-14,20H,1H3,(H3,26,27)(H3,28,29)(H,30,31). The number of hydrogen-bond acceptors (Lipinski definition) is 4. The molecule has 32 heavy (non-hydrogen) atoms. The Morgan fingerprint density at radius 2 is 1.50 bits per heavy atom. The molecule has 0 radical (unpaired) electrons. The van der Waals surface area contributed by atoms with Crippen LogP contribution in [0.15, 0.2) is 78.9 Å². The van der Waals surface area contributed by atoms with Gasteiger partial charge in [-0.25, -0.2) is 0 Å². The van der Waals surface area contributed by atoms with Crippen molar-refractivity contribution in [3.05, 3.63) is 101 Å². The van der Waals surface area contributed by atoms with E-state index in [4.69, 9.17) is 27.0 Å². The number of benzene rings is 3. The van der Waals surface area contributed by atoms with E-state index in [-0.39, 0.29) is 21.5 Å². The second-order valence-electron chi connectivity index (χ2n) is 7.37. The van der Waals surface area contributed by atoms with Crippen LogP contribution in [0.2, 0.25) is 0 Å². The van der Waals surface area contributed by atoms with Crippen molar-refractivity contribution < 1.29 is 9.53 Å². The van der Waals surface area contributed by atoms with Gasteiger partial charge in [0.2, 0.25) is 0 Å². The van der Waals surface area contributed by atoms with E-state index in [9.17, 15) is 4.79 Å². The smallest absolute Gasteiger partial charge is 0.254 e. The molecule has 0 aliphatic carbocycles. The second kappa shape index (κ2) is 9.82. The molecule has 164 valence electrons. The van der Waals surface area contributed by atoms with Crippen molar-refractivity contribution in [2.75, 3.05) is 0 Å². The largest absolute Gasteiger partial charge is 0.467 e. The van der Waals surface area contributed by atoms with Gasteiger partial charge in [0.05, 0.1) is 3.92 Å². The number of ether oxygens (including phenoxy) is 1. The minimum Gasteiger partial charge on any atom is -0.467 e. The number of hydrogen-bond donors (Lipinski definition) is 5. The van der Waals surface area contributed by atoms with Crippen LogP contribution in [-0.4, -0.2) is 23.3 Å². The Balaban J connectivity index is 1.94. The third-order valence-electron chi connectivity index (χ3n) is 4.87. The van der Waals surface area contributed by atoms with Crippen LogP contribution in [0.3, 0.4) is 0 Å². The summed E-state index contributed by atoms with van der Waals surface area (Å²) in [5, 5.41) is 18.2. The summed E-state index contributed by atoms with van der Waals surface area (Å²) >= 11 is 2.25. The normalized spacial score (nSPS) is 13.4. The molecule has 0 aromatic heterocycles. The molecule has 0 saturated carbocycles. The molecule has 0 bridgehead atoms. The summed E-state index contributed by atoms with van der Waals surface area (Å²) in [5.74, 6) is 0.0145. The van der Waals surface area contributed by atoms with E-state index < -0.39 is 5.72 Å². The van der Waals surface area contributed by atoms with Gasteiger partial charge in [0, 0.05) is 16.7 Å². The quantitative estimate of drug-likeness (QED) is 0.0969. The zero-order valence-electron chi connectivity index (χ0n) is 17.4. The number of amides is 1. The molecular weight excluding hydrogens is 517 g/mol. The average molecular weight is 541 g/mol. The number of carbonyl (C=O) groups is 1. The Bertz CT molecular complexity index is 1130. The summed E-state index contributed by atoms with van der Waals surface area (Å²) in [6.45, 7) is 1.80. The molecular formula is C24H24IN5O2. The van der Waals surface area contributed by atoms with Gasteiger partial charge in [-0.2, -0.15) is 0 Å². The van der Waals surface area contributed by atoms with Gasteiger partial charge in [0.1, 0.15) is 17.4 Å². The van der Waals surface area contributed by atoms with Crippen LogP contribution in [0.25, 0.3) is 0 Å². The van der Waals surface area contributed by atoms with Gasteiger partial charge < -0.3 is 21.5 Å². The van der Waals surface area contributed by atoms with Crippen molar-refractivity contribution >= 4 is 40.2 Å². The van der Waals surface area contributed by atoms with Gasteiger partial charge in [0.25, 0.3) is 5.91 Å². The van der Waals surface area contributed by atoms with Crippen molar-refractivity contribution in [2.45, 2.75) is 16.6 Å². The van der Waals surface area contributed by atoms with E-state index in [0.717, 1.165) is 5.56 Å². The van der Waals surface area contributed by atoms with Gasteiger partial charge >= 0.3 is 0 Å². The minimum absolute atomic E-state index is 0.0631. The number of rotatable bonds is 8. The Hall–Kier alpha value is -3.40. The lowest BCUT2D eigenvalue weighted by molar-refractivity contribution is 0.0439. The predicted molar refractivity (Wildman–Crippen MR) is 135 cm³/mol. The first-order valence-corrected chi connectivity index (χ1v) is 11.0. The van der Waals surface area contributed by atoms with E-state index in [2.05, 4.69) is 27.9 Å². The molecule has 7 N–H and O–H groups in total. The lowest BCUT2D eigenvalue weighted by atomic mass is 10.0. The minimum atomic E-state index is -1.13. The number of nitrogen functional groups attached to an aromatic ring is 2. The highest BCUT2D eigenvalue weighted by Crippen LogP contribution is 2.37. The molecule has 3 rings (SSSR count). The van der Waals surface area contributed by atoms with Crippen molar-refractivity contribution in [3.8, 4) is 5.75 Å². The molecule has 3 aromatic carbocycles. The summed E-state index contributed by atoms with van der Waals surface area (Å²) in [5.41, 5.74) is 12.5. The van der Waals surface area contributed by atoms with Crippen LogP contribution in [0.1, 0.15) is 37.9 Å². The molecule has 7 nitrogen and oxygen atoms in total. The summed E-state index contributed by atoms with van der Waals surface area (Å²) in [7, 11) is 0. The van der Waals surface area contributed by atoms with Gasteiger partial charge in [-0.15, -0.1) is 0 Å².